The van der Waals surface area contributed by atoms with Gasteiger partial charge in [0.1, 0.15) is 6.04 Å². The minimum atomic E-state index is -0.602. The van der Waals surface area contributed by atoms with E-state index in [1.807, 2.05) is 20.8 Å². The monoisotopic (exact) mass is 314 g/mol. The highest BCUT2D eigenvalue weighted by Crippen LogP contribution is 2.24. The van der Waals surface area contributed by atoms with Crippen LogP contribution >= 0.6 is 0 Å². The molecule has 7 nitrogen and oxygen atoms in total. The SMILES string of the molecule is CC(C)(C)C(C#N)NC(=O)Cc1c[nH]c2ccc([N+](=O)[O-])cc12. The predicted molar refractivity (Wildman–Crippen MR) is 85.7 cm³/mol. The molecule has 2 aromatic rings. The van der Waals surface area contributed by atoms with E-state index in [1.54, 1.807) is 12.3 Å². The summed E-state index contributed by atoms with van der Waals surface area (Å²) in [6.45, 7) is 5.61. The van der Waals surface area contributed by atoms with Crippen molar-refractivity contribution in [3.8, 4) is 6.07 Å². The van der Waals surface area contributed by atoms with E-state index in [-0.39, 0.29) is 23.4 Å². The largest absolute Gasteiger partial charge is 0.361 e. The number of hydrogen-bond acceptors (Lipinski definition) is 4. The van der Waals surface area contributed by atoms with Crippen LogP contribution in [0.2, 0.25) is 0 Å². The third-order valence-electron chi connectivity index (χ3n) is 3.61. The number of non-ortho nitro benzene ring substituents is 1. The Morgan fingerprint density at radius 1 is 1.48 bits per heavy atom. The first-order valence-corrected chi connectivity index (χ1v) is 7.16. The van der Waals surface area contributed by atoms with Gasteiger partial charge in [-0.05, 0) is 17.0 Å². The second-order valence-corrected chi connectivity index (χ2v) is 6.47. The topological polar surface area (TPSA) is 112 Å². The molecule has 120 valence electrons. The Morgan fingerprint density at radius 3 is 2.74 bits per heavy atom. The number of carbonyl (C=O) groups excluding carboxylic acids is 1. The number of nitro groups is 1. The number of aromatic amines is 1. The lowest BCUT2D eigenvalue weighted by atomic mass is 9.87. The Bertz CT molecular complexity index is 796. The number of nitrogens with one attached hydrogen (secondary N) is 2. The Balaban J connectivity index is 2.21. The normalized spacial score (nSPS) is 12.6. The van der Waals surface area contributed by atoms with Gasteiger partial charge in [-0.1, -0.05) is 20.8 Å². The molecule has 1 atom stereocenters. The zero-order valence-corrected chi connectivity index (χ0v) is 13.2. The zero-order chi connectivity index (χ0) is 17.2. The number of amides is 1. The van der Waals surface area contributed by atoms with E-state index in [0.717, 1.165) is 5.52 Å². The summed E-state index contributed by atoms with van der Waals surface area (Å²) in [7, 11) is 0. The van der Waals surface area contributed by atoms with Crippen LogP contribution in [0, 0.1) is 26.9 Å². The molecule has 0 aliphatic carbocycles. The highest BCUT2D eigenvalue weighted by Gasteiger charge is 2.26. The van der Waals surface area contributed by atoms with Crippen molar-refractivity contribution in [2.45, 2.75) is 33.2 Å². The van der Waals surface area contributed by atoms with Gasteiger partial charge in [-0.3, -0.25) is 14.9 Å². The van der Waals surface area contributed by atoms with Crippen LogP contribution in [0.5, 0.6) is 0 Å². The molecule has 0 radical (unpaired) electrons. The molecule has 7 heteroatoms. The third-order valence-corrected chi connectivity index (χ3v) is 3.61. The fourth-order valence-corrected chi connectivity index (χ4v) is 2.25. The molecule has 0 saturated carbocycles. The Labute approximate surface area is 133 Å². The summed E-state index contributed by atoms with van der Waals surface area (Å²) in [5, 5.41) is 23.4. The predicted octanol–water partition coefficient (Wildman–Crippen LogP) is 2.67. The molecule has 2 N–H and O–H groups in total. The fraction of sp³-hybridized carbons (Fsp3) is 0.375. The van der Waals surface area contributed by atoms with Crippen molar-refractivity contribution in [2.75, 3.05) is 0 Å². The molecule has 0 spiro atoms. The lowest BCUT2D eigenvalue weighted by Gasteiger charge is -2.25. The van der Waals surface area contributed by atoms with Gasteiger partial charge in [0.2, 0.25) is 5.91 Å². The molecule has 0 saturated heterocycles. The molecule has 0 aliphatic rings. The van der Waals surface area contributed by atoms with Gasteiger partial charge < -0.3 is 10.3 Å². The maximum atomic E-state index is 12.2. The average molecular weight is 314 g/mol. The number of benzene rings is 1. The maximum absolute atomic E-state index is 12.2. The van der Waals surface area contributed by atoms with Crippen LogP contribution in [0.25, 0.3) is 10.9 Å². The summed E-state index contributed by atoms with van der Waals surface area (Å²) < 4.78 is 0. The molecule has 0 bridgehead atoms. The van der Waals surface area contributed by atoms with Crippen molar-refractivity contribution in [1.82, 2.24) is 10.3 Å². The number of hydrogen-bond donors (Lipinski definition) is 2. The molecule has 23 heavy (non-hydrogen) atoms. The second-order valence-electron chi connectivity index (χ2n) is 6.47. The van der Waals surface area contributed by atoms with Crippen molar-refractivity contribution < 1.29 is 9.72 Å². The van der Waals surface area contributed by atoms with Crippen molar-refractivity contribution >= 4 is 22.5 Å². The molecule has 2 rings (SSSR count). The van der Waals surface area contributed by atoms with Crippen molar-refractivity contribution in [2.24, 2.45) is 5.41 Å². The highest BCUT2D eigenvalue weighted by molar-refractivity contribution is 5.90. The molecule has 1 unspecified atom stereocenters. The molecule has 0 aliphatic heterocycles. The standard InChI is InChI=1S/C16H18N4O3/c1-16(2,3)14(8-17)19-15(21)6-10-9-18-13-5-4-11(20(22)23)7-12(10)13/h4-5,7,9,14,18H,6H2,1-3H3,(H,19,21). The molecule has 1 heterocycles. The number of aromatic nitrogens is 1. The van der Waals surface area contributed by atoms with Crippen LogP contribution in [0.3, 0.4) is 0 Å². The summed E-state index contributed by atoms with van der Waals surface area (Å²) in [6, 6.07) is 5.95. The van der Waals surface area contributed by atoms with E-state index < -0.39 is 11.0 Å². The lowest BCUT2D eigenvalue weighted by molar-refractivity contribution is -0.384. The first-order chi connectivity index (χ1) is 10.7. The summed E-state index contributed by atoms with van der Waals surface area (Å²) >= 11 is 0. The minimum Gasteiger partial charge on any atom is -0.361 e. The number of rotatable bonds is 4. The minimum absolute atomic E-state index is 0.0247. The van der Waals surface area contributed by atoms with Gasteiger partial charge >= 0.3 is 0 Å². The highest BCUT2D eigenvalue weighted by atomic mass is 16.6. The molecular formula is C16H18N4O3. The lowest BCUT2D eigenvalue weighted by Crippen LogP contribution is -2.43. The third kappa shape index (κ3) is 3.66. The van der Waals surface area contributed by atoms with Crippen molar-refractivity contribution in [1.29, 1.82) is 5.26 Å². The van der Waals surface area contributed by atoms with Crippen LogP contribution < -0.4 is 5.32 Å². The van der Waals surface area contributed by atoms with E-state index in [9.17, 15) is 14.9 Å². The van der Waals surface area contributed by atoms with Gasteiger partial charge in [0.15, 0.2) is 0 Å². The number of nitriles is 1. The van der Waals surface area contributed by atoms with Crippen molar-refractivity contribution in [3.05, 3.63) is 40.1 Å². The smallest absolute Gasteiger partial charge is 0.270 e. The number of carbonyl (C=O) groups is 1. The molecule has 1 aromatic heterocycles. The van der Waals surface area contributed by atoms with E-state index in [4.69, 9.17) is 5.26 Å². The second kappa shape index (κ2) is 6.08. The Kier molecular flexibility index (Phi) is 4.36. The maximum Gasteiger partial charge on any atom is 0.270 e. The molecule has 1 aromatic carbocycles. The number of fused-ring (bicyclic) bond motifs is 1. The fourth-order valence-electron chi connectivity index (χ4n) is 2.25. The molecular weight excluding hydrogens is 296 g/mol. The molecule has 1 amide bonds. The van der Waals surface area contributed by atoms with Crippen LogP contribution in [0.4, 0.5) is 5.69 Å². The quantitative estimate of drug-likeness (QED) is 0.667. The van der Waals surface area contributed by atoms with Crippen LogP contribution in [0.1, 0.15) is 26.3 Å². The van der Waals surface area contributed by atoms with Gasteiger partial charge in [-0.2, -0.15) is 5.26 Å². The first-order valence-electron chi connectivity index (χ1n) is 7.16. The summed E-state index contributed by atoms with van der Waals surface area (Å²) in [4.78, 5) is 25.6. The van der Waals surface area contributed by atoms with Gasteiger partial charge in [0.05, 0.1) is 17.4 Å². The van der Waals surface area contributed by atoms with E-state index in [1.165, 1.54) is 12.1 Å². The number of nitrogens with zero attached hydrogens (tertiary/aromatic N) is 2. The van der Waals surface area contributed by atoms with Gasteiger partial charge in [-0.25, -0.2) is 0 Å². The Morgan fingerprint density at radius 2 is 2.17 bits per heavy atom. The van der Waals surface area contributed by atoms with E-state index in [2.05, 4.69) is 16.4 Å². The van der Waals surface area contributed by atoms with E-state index >= 15 is 0 Å². The summed E-state index contributed by atoms with van der Waals surface area (Å²) in [5.74, 6) is -0.293. The van der Waals surface area contributed by atoms with Gasteiger partial charge in [0, 0.05) is 29.2 Å². The van der Waals surface area contributed by atoms with Crippen LogP contribution in [-0.2, 0) is 11.2 Å². The van der Waals surface area contributed by atoms with Gasteiger partial charge in [-0.15, -0.1) is 0 Å². The average Bonchev–Trinajstić information content (AvgIpc) is 2.85. The number of nitro benzene ring substituents is 1. The summed E-state index contributed by atoms with van der Waals surface area (Å²) in [6.07, 6.45) is 1.71. The van der Waals surface area contributed by atoms with Crippen LogP contribution in [-0.4, -0.2) is 21.9 Å². The van der Waals surface area contributed by atoms with E-state index in [0.29, 0.717) is 10.9 Å². The van der Waals surface area contributed by atoms with Crippen molar-refractivity contribution in [3.63, 3.8) is 0 Å². The first kappa shape index (κ1) is 16.5. The van der Waals surface area contributed by atoms with Gasteiger partial charge in [0.25, 0.3) is 5.69 Å². The van der Waals surface area contributed by atoms with Crippen LogP contribution in [0.15, 0.2) is 24.4 Å². The summed E-state index contributed by atoms with van der Waals surface area (Å²) in [5.41, 5.74) is 0.991. The number of H-pyrrole nitrogens is 1. The molecule has 0 fully saturated rings. The Hall–Kier alpha value is -2.88. The zero-order valence-electron chi connectivity index (χ0n) is 13.2.